The Morgan fingerprint density at radius 1 is 0.762 bits per heavy atom. The highest BCUT2D eigenvalue weighted by Crippen LogP contribution is 2.15. The molecule has 42 heavy (non-hydrogen) atoms. The van der Waals surface area contributed by atoms with E-state index in [1.54, 1.807) is 31.2 Å². The Morgan fingerprint density at radius 2 is 1.26 bits per heavy atom. The highest BCUT2D eigenvalue weighted by Gasteiger charge is 2.32. The average Bonchev–Trinajstić information content (AvgIpc) is 2.94. The molecule has 5 atom stereocenters. The van der Waals surface area contributed by atoms with Crippen LogP contribution in [0.15, 0.2) is 48.5 Å². The number of hydrogen-bond acceptors (Lipinski definition) is 8. The van der Waals surface area contributed by atoms with E-state index in [-0.39, 0.29) is 43.1 Å². The highest BCUT2D eigenvalue weighted by molar-refractivity contribution is 5.94. The molecule has 0 aliphatic carbocycles. The van der Waals surface area contributed by atoms with Crippen LogP contribution in [0.25, 0.3) is 0 Å². The molecule has 10 N–H and O–H groups in total. The van der Waals surface area contributed by atoms with Crippen molar-refractivity contribution in [2.24, 2.45) is 17.4 Å². The topological polar surface area (TPSA) is 234 Å². The fraction of sp³-hybridized carbons (Fsp3) is 0.414. The van der Waals surface area contributed by atoms with Crippen molar-refractivity contribution < 1.29 is 39.3 Å². The van der Waals surface area contributed by atoms with Gasteiger partial charge in [0.15, 0.2) is 0 Å². The molecule has 4 amide bonds. The number of hydrogen-bond donors (Lipinski definition) is 8. The molecule has 5 unspecified atom stereocenters. The van der Waals surface area contributed by atoms with E-state index in [2.05, 4.69) is 16.0 Å². The first-order chi connectivity index (χ1) is 19.8. The normalized spacial score (nSPS) is 14.5. The second kappa shape index (κ2) is 16.0. The predicted octanol–water partition coefficient (Wildman–Crippen LogP) is 0.0609. The van der Waals surface area contributed by atoms with Crippen LogP contribution in [0.2, 0.25) is 0 Å². The molecule has 2 aromatic carbocycles. The molecule has 0 aliphatic heterocycles. The third-order valence-corrected chi connectivity index (χ3v) is 6.83. The van der Waals surface area contributed by atoms with Crippen molar-refractivity contribution in [3.05, 3.63) is 59.7 Å². The van der Waals surface area contributed by atoms with Gasteiger partial charge in [-0.15, -0.1) is 0 Å². The maximum atomic E-state index is 13.5. The Bertz CT molecular complexity index is 1240. The zero-order valence-electron chi connectivity index (χ0n) is 23.6. The Kier molecular flexibility index (Phi) is 12.8. The number of carbonyl (C=O) groups excluding carboxylic acids is 4. The van der Waals surface area contributed by atoms with E-state index in [4.69, 9.17) is 11.5 Å². The second-order valence-corrected chi connectivity index (χ2v) is 10.2. The van der Waals surface area contributed by atoms with Gasteiger partial charge in [0.1, 0.15) is 29.6 Å². The zero-order chi connectivity index (χ0) is 31.4. The van der Waals surface area contributed by atoms with E-state index in [0.717, 1.165) is 0 Å². The summed E-state index contributed by atoms with van der Waals surface area (Å²) < 4.78 is 0. The molecule has 0 saturated heterocycles. The van der Waals surface area contributed by atoms with Crippen molar-refractivity contribution in [3.63, 3.8) is 0 Å². The minimum Gasteiger partial charge on any atom is -0.508 e. The number of phenolic OH excluding ortho intramolecular Hbond substituents is 2. The van der Waals surface area contributed by atoms with Gasteiger partial charge >= 0.3 is 5.97 Å². The maximum Gasteiger partial charge on any atom is 0.326 e. The molecule has 2 aromatic rings. The Labute approximate surface area is 243 Å². The predicted molar refractivity (Wildman–Crippen MR) is 153 cm³/mol. The van der Waals surface area contributed by atoms with Gasteiger partial charge in [-0.3, -0.25) is 19.2 Å². The lowest BCUT2D eigenvalue weighted by molar-refractivity contribution is -0.142. The van der Waals surface area contributed by atoms with Crippen LogP contribution in [0.5, 0.6) is 11.5 Å². The fourth-order valence-electron chi connectivity index (χ4n) is 4.10. The maximum absolute atomic E-state index is 13.5. The lowest BCUT2D eigenvalue weighted by atomic mass is 9.96. The van der Waals surface area contributed by atoms with Crippen LogP contribution in [0.3, 0.4) is 0 Å². The number of benzene rings is 2. The summed E-state index contributed by atoms with van der Waals surface area (Å²) in [6.45, 7) is 3.57. The standard InChI is InChI=1S/C29H39N5O8/c1-3-16(2)25(34-26(38)21(30)14-17-4-8-19(35)9-5-17)28(40)33-23(15-18-6-10-20(36)11-7-18)27(39)32-22(29(41)42)12-13-24(31)37/h4-11,16,21-23,25,35-36H,3,12-15,30H2,1-2H3,(H2,31,37)(H,32,39)(H,33,40)(H,34,38)(H,41,42). The number of amides is 4. The summed E-state index contributed by atoms with van der Waals surface area (Å²) in [6, 6.07) is 7.28. The van der Waals surface area contributed by atoms with Gasteiger partial charge in [-0.05, 0) is 54.2 Å². The molecule has 0 spiro atoms. The highest BCUT2D eigenvalue weighted by atomic mass is 16.4. The van der Waals surface area contributed by atoms with Crippen LogP contribution in [0.1, 0.15) is 44.2 Å². The fourth-order valence-corrected chi connectivity index (χ4v) is 4.10. The molecule has 0 heterocycles. The van der Waals surface area contributed by atoms with Crippen molar-refractivity contribution in [2.75, 3.05) is 0 Å². The largest absolute Gasteiger partial charge is 0.508 e. The number of primary amides is 1. The number of nitrogens with two attached hydrogens (primary N) is 2. The number of carbonyl (C=O) groups is 5. The van der Waals surface area contributed by atoms with Gasteiger partial charge in [-0.2, -0.15) is 0 Å². The van der Waals surface area contributed by atoms with Crippen molar-refractivity contribution in [2.45, 2.75) is 70.1 Å². The average molecular weight is 586 g/mol. The van der Waals surface area contributed by atoms with Crippen LogP contribution in [-0.2, 0) is 36.8 Å². The Morgan fingerprint density at radius 3 is 1.74 bits per heavy atom. The number of aromatic hydroxyl groups is 2. The molecule has 0 aliphatic rings. The first-order valence-electron chi connectivity index (χ1n) is 13.5. The molecular weight excluding hydrogens is 546 g/mol. The minimum absolute atomic E-state index is 0.00984. The third-order valence-electron chi connectivity index (χ3n) is 6.83. The van der Waals surface area contributed by atoms with E-state index in [0.29, 0.717) is 17.5 Å². The Balaban J connectivity index is 2.24. The monoisotopic (exact) mass is 585 g/mol. The molecule has 0 fully saturated rings. The van der Waals surface area contributed by atoms with E-state index in [1.165, 1.54) is 24.3 Å². The van der Waals surface area contributed by atoms with Crippen molar-refractivity contribution >= 4 is 29.6 Å². The molecule has 0 aromatic heterocycles. The second-order valence-electron chi connectivity index (χ2n) is 10.2. The molecule has 13 heteroatoms. The van der Waals surface area contributed by atoms with Gasteiger partial charge in [0, 0.05) is 12.8 Å². The van der Waals surface area contributed by atoms with Gasteiger partial charge < -0.3 is 42.7 Å². The summed E-state index contributed by atoms with van der Waals surface area (Å²) in [4.78, 5) is 62.6. The quantitative estimate of drug-likeness (QED) is 0.133. The number of rotatable bonds is 16. The number of nitrogens with one attached hydrogen (secondary N) is 3. The first-order valence-corrected chi connectivity index (χ1v) is 13.5. The zero-order valence-corrected chi connectivity index (χ0v) is 23.6. The van der Waals surface area contributed by atoms with Gasteiger partial charge in [0.2, 0.25) is 23.6 Å². The van der Waals surface area contributed by atoms with E-state index >= 15 is 0 Å². The van der Waals surface area contributed by atoms with Crippen LogP contribution >= 0.6 is 0 Å². The molecule has 13 nitrogen and oxygen atoms in total. The number of carboxylic acids is 1. The SMILES string of the molecule is CCC(C)C(NC(=O)C(N)Cc1ccc(O)cc1)C(=O)NC(Cc1ccc(O)cc1)C(=O)NC(CCC(N)=O)C(=O)O. The molecule has 0 bridgehead atoms. The number of aliphatic carboxylic acids is 1. The smallest absolute Gasteiger partial charge is 0.326 e. The summed E-state index contributed by atoms with van der Waals surface area (Å²) in [6.07, 6.45) is 0.0460. The first kappa shape index (κ1) is 33.6. The third kappa shape index (κ3) is 10.7. The molecule has 0 saturated carbocycles. The summed E-state index contributed by atoms with van der Waals surface area (Å²) >= 11 is 0. The summed E-state index contributed by atoms with van der Waals surface area (Å²) in [7, 11) is 0. The van der Waals surface area contributed by atoms with Crippen molar-refractivity contribution in [1.29, 1.82) is 0 Å². The summed E-state index contributed by atoms with van der Waals surface area (Å²) in [5, 5.41) is 36.2. The van der Waals surface area contributed by atoms with E-state index in [1.807, 2.05) is 6.92 Å². The Hall–Kier alpha value is -4.65. The number of phenols is 2. The van der Waals surface area contributed by atoms with Crippen LogP contribution in [0.4, 0.5) is 0 Å². The van der Waals surface area contributed by atoms with Crippen LogP contribution in [0, 0.1) is 5.92 Å². The summed E-state index contributed by atoms with van der Waals surface area (Å²) in [5.41, 5.74) is 12.5. The van der Waals surface area contributed by atoms with Gasteiger partial charge in [-0.25, -0.2) is 4.79 Å². The van der Waals surface area contributed by atoms with E-state index in [9.17, 15) is 39.3 Å². The van der Waals surface area contributed by atoms with E-state index < -0.39 is 53.8 Å². The van der Waals surface area contributed by atoms with Gasteiger partial charge in [-0.1, -0.05) is 44.5 Å². The van der Waals surface area contributed by atoms with Crippen LogP contribution in [-0.4, -0.2) is 69.1 Å². The van der Waals surface area contributed by atoms with Crippen LogP contribution < -0.4 is 27.4 Å². The van der Waals surface area contributed by atoms with Gasteiger partial charge in [0.25, 0.3) is 0 Å². The molecule has 228 valence electrons. The van der Waals surface area contributed by atoms with Gasteiger partial charge in [0.05, 0.1) is 6.04 Å². The lowest BCUT2D eigenvalue weighted by Crippen LogP contribution is -2.59. The summed E-state index contributed by atoms with van der Waals surface area (Å²) in [5.74, 6) is -4.53. The van der Waals surface area contributed by atoms with Crippen molar-refractivity contribution in [1.82, 2.24) is 16.0 Å². The molecule has 2 rings (SSSR count). The molecule has 0 radical (unpaired) electrons. The van der Waals surface area contributed by atoms with Crippen molar-refractivity contribution in [3.8, 4) is 11.5 Å². The number of carboxylic acid groups (broad SMARTS) is 1. The lowest BCUT2D eigenvalue weighted by Gasteiger charge is -2.28. The minimum atomic E-state index is -1.44. The molecular formula is C29H39N5O8.